The number of anilines is 1. The summed E-state index contributed by atoms with van der Waals surface area (Å²) in [4.78, 5) is 29.6. The van der Waals surface area contributed by atoms with Crippen molar-refractivity contribution >= 4 is 17.4 Å². The van der Waals surface area contributed by atoms with Gasteiger partial charge in [0.05, 0.1) is 35.9 Å². The summed E-state index contributed by atoms with van der Waals surface area (Å²) in [6, 6.07) is 5.39. The number of aliphatic hydroxyl groups is 5. The molecule has 5 fully saturated rings. The van der Waals surface area contributed by atoms with Gasteiger partial charge in [0.15, 0.2) is 5.78 Å². The van der Waals surface area contributed by atoms with E-state index >= 15 is 0 Å². The van der Waals surface area contributed by atoms with Crippen LogP contribution in [0.2, 0.25) is 0 Å². The van der Waals surface area contributed by atoms with Crippen LogP contribution in [0.25, 0.3) is 0 Å². The fourth-order valence-electron chi connectivity index (χ4n) is 13.7. The molecule has 0 bridgehead atoms. The van der Waals surface area contributed by atoms with E-state index in [0.29, 0.717) is 68.7 Å². The highest BCUT2D eigenvalue weighted by Crippen LogP contribution is 2.75. The molecular formula is C47H67NO9. The molecule has 2 aliphatic heterocycles. The molecule has 10 nitrogen and oxygen atoms in total. The molecule has 6 N–H and O–H groups in total. The maximum absolute atomic E-state index is 14.5. The summed E-state index contributed by atoms with van der Waals surface area (Å²) in [5, 5.41) is 70.9. The summed E-state index contributed by atoms with van der Waals surface area (Å²) in [5.41, 5.74) is -3.84. The van der Waals surface area contributed by atoms with Crippen LogP contribution >= 0.6 is 0 Å². The van der Waals surface area contributed by atoms with Crippen molar-refractivity contribution in [3.63, 3.8) is 0 Å². The largest absolute Gasteiger partial charge is 0.508 e. The maximum atomic E-state index is 14.5. The first kappa shape index (κ1) is 41.1. The van der Waals surface area contributed by atoms with Crippen LogP contribution < -0.4 is 4.90 Å². The number of amides is 1. The van der Waals surface area contributed by atoms with Crippen LogP contribution in [0, 0.1) is 51.8 Å². The van der Waals surface area contributed by atoms with Crippen molar-refractivity contribution in [2.45, 2.75) is 154 Å². The van der Waals surface area contributed by atoms with E-state index < -0.39 is 58.3 Å². The van der Waals surface area contributed by atoms with E-state index in [1.807, 2.05) is 13.0 Å². The number of aryl methyl sites for hydroxylation is 1. The van der Waals surface area contributed by atoms with E-state index in [4.69, 9.17) is 4.74 Å². The highest BCUT2D eigenvalue weighted by Gasteiger charge is 2.77. The zero-order valence-corrected chi connectivity index (χ0v) is 34.7. The second-order valence-electron chi connectivity index (χ2n) is 20.2. The van der Waals surface area contributed by atoms with Crippen LogP contribution in [-0.4, -0.2) is 91.1 Å². The number of unbranched alkanes of at least 4 members (excludes halogenated alkanes) is 2. The summed E-state index contributed by atoms with van der Waals surface area (Å²) in [6.45, 7) is 10.8. The van der Waals surface area contributed by atoms with Crippen LogP contribution in [0.4, 0.5) is 5.69 Å². The van der Waals surface area contributed by atoms with Gasteiger partial charge in [-0.05, 0) is 122 Å². The topological polar surface area (TPSA) is 171 Å². The number of phenolic OH excluding ortho intramolecular Hbond substituents is 1. The molecule has 2 saturated heterocycles. The van der Waals surface area contributed by atoms with Crippen molar-refractivity contribution in [2.75, 3.05) is 18.1 Å². The highest BCUT2D eigenvalue weighted by atomic mass is 16.6. The SMILES string of the molecule is CCCCC[C@@H]1CC(=O)N(c2cc(O)cc(CC[C@@]34[C@@H]5C=CC[C@](O)([C@@H]6O[C@H]6[C@H](C)C(C)C)[C@H]3CC[C@@]4(O)C3=CC(=O)[C@]4(CO)C[C@@H](O)[C@@H](O)C[C@]4(C)[C@H]3C5)c2)C1. The van der Waals surface area contributed by atoms with E-state index in [1.165, 1.54) is 0 Å². The molecule has 1 aromatic carbocycles. The van der Waals surface area contributed by atoms with Gasteiger partial charge in [-0.1, -0.05) is 66.0 Å². The van der Waals surface area contributed by atoms with Crippen molar-refractivity contribution in [3.05, 3.63) is 47.6 Å². The molecule has 5 aliphatic carbocycles. The minimum absolute atomic E-state index is 0.0555. The van der Waals surface area contributed by atoms with Crippen LogP contribution in [0.15, 0.2) is 42.0 Å². The molecule has 2 heterocycles. The lowest BCUT2D eigenvalue weighted by molar-refractivity contribution is -0.203. The number of aliphatic hydroxyl groups excluding tert-OH is 3. The Morgan fingerprint density at radius 1 is 1.04 bits per heavy atom. The van der Waals surface area contributed by atoms with E-state index in [1.54, 1.807) is 23.1 Å². The number of fused-ring (bicyclic) bond motifs is 4. The van der Waals surface area contributed by atoms with E-state index in [9.17, 15) is 40.2 Å². The van der Waals surface area contributed by atoms with Crippen LogP contribution in [0.3, 0.4) is 0 Å². The summed E-state index contributed by atoms with van der Waals surface area (Å²) >= 11 is 0. The molecule has 1 aromatic rings. The average molecular weight is 790 g/mol. The molecule has 0 spiro atoms. The second-order valence-corrected chi connectivity index (χ2v) is 20.2. The first-order chi connectivity index (χ1) is 27.0. The number of hydrogen-bond donors (Lipinski definition) is 6. The minimum atomic E-state index is -1.51. The fourth-order valence-corrected chi connectivity index (χ4v) is 13.7. The summed E-state index contributed by atoms with van der Waals surface area (Å²) in [6.07, 6.45) is 10.6. The predicted molar refractivity (Wildman–Crippen MR) is 216 cm³/mol. The molecule has 14 atom stereocenters. The molecular weight excluding hydrogens is 723 g/mol. The molecule has 10 heteroatoms. The first-order valence-electron chi connectivity index (χ1n) is 22.1. The zero-order valence-electron chi connectivity index (χ0n) is 34.7. The van der Waals surface area contributed by atoms with E-state index in [-0.39, 0.29) is 60.1 Å². The van der Waals surface area contributed by atoms with E-state index in [2.05, 4.69) is 39.8 Å². The number of aromatic hydroxyl groups is 1. The molecule has 0 radical (unpaired) electrons. The Kier molecular flexibility index (Phi) is 10.5. The molecule has 0 unspecified atom stereocenters. The third kappa shape index (κ3) is 6.07. The lowest BCUT2D eigenvalue weighted by Crippen LogP contribution is -2.69. The number of epoxide rings is 1. The number of phenols is 1. The monoisotopic (exact) mass is 789 g/mol. The predicted octanol–water partition coefficient (Wildman–Crippen LogP) is 5.78. The lowest BCUT2D eigenvalue weighted by atomic mass is 9.39. The Morgan fingerprint density at radius 3 is 2.51 bits per heavy atom. The highest BCUT2D eigenvalue weighted by molar-refractivity contribution is 5.98. The van der Waals surface area contributed by atoms with Gasteiger partial charge in [-0.3, -0.25) is 9.59 Å². The number of ether oxygens (including phenoxy) is 1. The first-order valence-corrected chi connectivity index (χ1v) is 22.1. The smallest absolute Gasteiger partial charge is 0.227 e. The van der Waals surface area contributed by atoms with Crippen LogP contribution in [0.5, 0.6) is 5.75 Å². The molecule has 3 saturated carbocycles. The number of ketones is 1. The Balaban J connectivity index is 1.20. The Labute approximate surface area is 338 Å². The van der Waals surface area contributed by atoms with Gasteiger partial charge in [0.1, 0.15) is 17.5 Å². The minimum Gasteiger partial charge on any atom is -0.508 e. The number of carbonyl (C=O) groups excluding carboxylic acids is 2. The third-order valence-electron chi connectivity index (χ3n) is 17.2. The number of benzene rings is 1. The molecule has 0 aromatic heterocycles. The summed E-state index contributed by atoms with van der Waals surface area (Å²) in [7, 11) is 0. The number of rotatable bonds is 12. The van der Waals surface area contributed by atoms with Gasteiger partial charge in [-0.2, -0.15) is 0 Å². The fraction of sp³-hybridized carbons (Fsp3) is 0.745. The Bertz CT molecular complexity index is 1810. The van der Waals surface area contributed by atoms with Crippen molar-refractivity contribution < 1.29 is 45.0 Å². The standard InChI is InChI=1S/C47H67NO9/c1-6-7-8-10-30-19-40(54)48(25-30)32-17-29(18-33(50)21-32)12-15-45-31-11-9-14-46(55,42-41(57-42)28(4)27(2)3)38(45)13-16-47(45,56)35-22-39(53)44(26-49)24-37(52)36(51)23-43(44,5)34(35)20-31/h9,11,17-18,21-22,27-28,30-31,34,36-38,41-42,49-52,55-56H,6-8,10,12-16,19-20,23-26H2,1-5H3/t28-,30-,31-,34+,36+,37-,38+,41+,42-,43-,44-,45-,46-,47-/m1/s1. The van der Waals surface area contributed by atoms with Crippen molar-refractivity contribution in [1.29, 1.82) is 0 Å². The van der Waals surface area contributed by atoms with Gasteiger partial charge >= 0.3 is 0 Å². The zero-order chi connectivity index (χ0) is 40.9. The van der Waals surface area contributed by atoms with Crippen molar-refractivity contribution in [3.8, 4) is 5.75 Å². The van der Waals surface area contributed by atoms with Gasteiger partial charge in [-0.15, -0.1) is 0 Å². The number of nitrogens with zero attached hydrogens (tertiary/aromatic N) is 1. The Hall–Kier alpha value is -2.60. The number of hydrogen-bond acceptors (Lipinski definition) is 9. The Morgan fingerprint density at radius 2 is 1.79 bits per heavy atom. The third-order valence-corrected chi connectivity index (χ3v) is 17.2. The van der Waals surface area contributed by atoms with Crippen LogP contribution in [-0.2, 0) is 20.7 Å². The average Bonchev–Trinajstić information content (AvgIpc) is 3.82. The number of carbonyl (C=O) groups is 2. The lowest BCUT2D eigenvalue weighted by Gasteiger charge is -2.66. The van der Waals surface area contributed by atoms with E-state index in [0.717, 1.165) is 31.2 Å². The van der Waals surface area contributed by atoms with Crippen molar-refractivity contribution in [1.82, 2.24) is 0 Å². The summed E-state index contributed by atoms with van der Waals surface area (Å²) < 4.78 is 6.42. The molecule has 1 amide bonds. The quantitative estimate of drug-likeness (QED) is 0.0873. The van der Waals surface area contributed by atoms with Gasteiger partial charge in [-0.25, -0.2) is 0 Å². The van der Waals surface area contributed by atoms with Crippen molar-refractivity contribution in [2.24, 2.45) is 51.8 Å². The molecule has 7 aliphatic rings. The molecule has 314 valence electrons. The molecule has 8 rings (SSSR count). The van der Waals surface area contributed by atoms with Gasteiger partial charge in [0, 0.05) is 36.1 Å². The molecule has 57 heavy (non-hydrogen) atoms. The second kappa shape index (κ2) is 14.5. The number of allylic oxidation sites excluding steroid dienone is 2. The summed E-state index contributed by atoms with van der Waals surface area (Å²) in [5.74, 6) is -0.333. The van der Waals surface area contributed by atoms with Gasteiger partial charge in [0.25, 0.3) is 0 Å². The van der Waals surface area contributed by atoms with Crippen LogP contribution in [0.1, 0.15) is 117 Å². The van der Waals surface area contributed by atoms with Gasteiger partial charge in [0.2, 0.25) is 5.91 Å². The normalized spacial score (nSPS) is 44.1. The maximum Gasteiger partial charge on any atom is 0.227 e. The van der Waals surface area contributed by atoms with Gasteiger partial charge < -0.3 is 40.3 Å².